The van der Waals surface area contributed by atoms with Gasteiger partial charge >= 0.3 is 0 Å². The largest absolute Gasteiger partial charge is 0.387 e. The Labute approximate surface area is 116 Å². The first-order valence-corrected chi connectivity index (χ1v) is 7.26. The SMILES string of the molecule is Cc1cccc(C(O)C2(C#N)CCCCCC2)c1C. The highest BCUT2D eigenvalue weighted by atomic mass is 16.3. The van der Waals surface area contributed by atoms with Gasteiger partial charge in [0.25, 0.3) is 0 Å². The summed E-state index contributed by atoms with van der Waals surface area (Å²) in [5, 5.41) is 20.5. The zero-order valence-corrected chi connectivity index (χ0v) is 11.9. The lowest BCUT2D eigenvalue weighted by Gasteiger charge is -2.32. The van der Waals surface area contributed by atoms with E-state index in [0.29, 0.717) is 0 Å². The molecule has 1 aromatic carbocycles. The van der Waals surface area contributed by atoms with Crippen LogP contribution in [0, 0.1) is 30.6 Å². The van der Waals surface area contributed by atoms with Crippen molar-refractivity contribution in [1.82, 2.24) is 0 Å². The van der Waals surface area contributed by atoms with E-state index in [1.807, 2.05) is 19.1 Å². The molecule has 2 nitrogen and oxygen atoms in total. The Kier molecular flexibility index (Phi) is 4.27. The van der Waals surface area contributed by atoms with Gasteiger partial charge in [0, 0.05) is 0 Å². The van der Waals surface area contributed by atoms with Crippen molar-refractivity contribution < 1.29 is 5.11 Å². The van der Waals surface area contributed by atoms with E-state index in [1.54, 1.807) is 0 Å². The van der Waals surface area contributed by atoms with Crippen LogP contribution in [0.1, 0.15) is 61.3 Å². The summed E-state index contributed by atoms with van der Waals surface area (Å²) in [6.07, 6.45) is 5.45. The van der Waals surface area contributed by atoms with Crippen LogP contribution in [0.15, 0.2) is 18.2 Å². The third-order valence-corrected chi connectivity index (χ3v) is 4.68. The van der Waals surface area contributed by atoms with Gasteiger partial charge in [-0.2, -0.15) is 5.26 Å². The van der Waals surface area contributed by atoms with Crippen LogP contribution >= 0.6 is 0 Å². The minimum absolute atomic E-state index is 0.588. The third-order valence-electron chi connectivity index (χ3n) is 4.68. The molecule has 0 amide bonds. The fraction of sp³-hybridized carbons (Fsp3) is 0.588. The average molecular weight is 257 g/mol. The second kappa shape index (κ2) is 5.75. The smallest absolute Gasteiger partial charge is 0.0978 e. The molecule has 0 aliphatic heterocycles. The van der Waals surface area contributed by atoms with E-state index in [9.17, 15) is 10.4 Å². The van der Waals surface area contributed by atoms with Gasteiger partial charge in [0.05, 0.1) is 17.6 Å². The highest BCUT2D eigenvalue weighted by Crippen LogP contribution is 2.45. The van der Waals surface area contributed by atoms with Crippen LogP contribution in [-0.2, 0) is 0 Å². The molecule has 2 rings (SSSR count). The normalized spacial score (nSPS) is 20.3. The van der Waals surface area contributed by atoms with Gasteiger partial charge in [-0.15, -0.1) is 0 Å². The number of aliphatic hydroxyl groups excluding tert-OH is 1. The Morgan fingerprint density at radius 2 is 1.79 bits per heavy atom. The van der Waals surface area contributed by atoms with Crippen molar-refractivity contribution in [2.75, 3.05) is 0 Å². The molecule has 0 saturated heterocycles. The molecule has 1 unspecified atom stereocenters. The molecule has 1 aliphatic carbocycles. The van der Waals surface area contributed by atoms with Crippen molar-refractivity contribution in [1.29, 1.82) is 5.26 Å². The Balaban J connectivity index is 2.37. The van der Waals surface area contributed by atoms with Crippen LogP contribution in [-0.4, -0.2) is 5.11 Å². The van der Waals surface area contributed by atoms with E-state index >= 15 is 0 Å². The van der Waals surface area contributed by atoms with Crippen LogP contribution < -0.4 is 0 Å². The van der Waals surface area contributed by atoms with Crippen molar-refractivity contribution in [3.63, 3.8) is 0 Å². The summed E-state index contributed by atoms with van der Waals surface area (Å²) in [6.45, 7) is 4.09. The maximum absolute atomic E-state index is 10.8. The van der Waals surface area contributed by atoms with Crippen molar-refractivity contribution in [3.8, 4) is 6.07 Å². The van der Waals surface area contributed by atoms with Gasteiger partial charge in [-0.25, -0.2) is 0 Å². The molecule has 0 bridgehead atoms. The van der Waals surface area contributed by atoms with E-state index in [1.165, 1.54) is 18.4 Å². The number of nitriles is 1. The molecule has 19 heavy (non-hydrogen) atoms. The maximum Gasteiger partial charge on any atom is 0.0978 e. The summed E-state index contributed by atoms with van der Waals surface area (Å²) in [5.41, 5.74) is 2.64. The highest BCUT2D eigenvalue weighted by molar-refractivity contribution is 5.36. The Bertz CT molecular complexity index is 479. The molecule has 2 heteroatoms. The summed E-state index contributed by atoms with van der Waals surface area (Å²) in [7, 11) is 0. The first-order chi connectivity index (χ1) is 9.10. The van der Waals surface area contributed by atoms with Gasteiger partial charge in [0.1, 0.15) is 0 Å². The standard InChI is InChI=1S/C17H23NO/c1-13-8-7-9-15(14(13)2)16(19)17(12-18)10-5-3-4-6-11-17/h7-9,16,19H,3-6,10-11H2,1-2H3. The summed E-state index contributed by atoms with van der Waals surface area (Å²) in [6, 6.07) is 8.45. The molecule has 1 N–H and O–H groups in total. The predicted octanol–water partition coefficient (Wildman–Crippen LogP) is 4.20. The monoisotopic (exact) mass is 257 g/mol. The zero-order chi connectivity index (χ0) is 13.9. The number of nitrogens with zero attached hydrogens (tertiary/aromatic N) is 1. The number of benzene rings is 1. The number of aryl methyl sites for hydroxylation is 1. The Hall–Kier alpha value is -1.33. The van der Waals surface area contributed by atoms with E-state index in [2.05, 4.69) is 19.1 Å². The number of hydrogen-bond acceptors (Lipinski definition) is 2. The fourth-order valence-corrected chi connectivity index (χ4v) is 3.17. The second-order valence-electron chi connectivity index (χ2n) is 5.87. The van der Waals surface area contributed by atoms with Crippen molar-refractivity contribution >= 4 is 0 Å². The molecule has 0 radical (unpaired) electrons. The van der Waals surface area contributed by atoms with Crippen molar-refractivity contribution in [2.45, 2.75) is 58.5 Å². The van der Waals surface area contributed by atoms with Gasteiger partial charge in [-0.1, -0.05) is 43.9 Å². The molecular weight excluding hydrogens is 234 g/mol. The summed E-state index contributed by atoms with van der Waals surface area (Å²) in [4.78, 5) is 0. The molecule has 1 aliphatic rings. The lowest BCUT2D eigenvalue weighted by Crippen LogP contribution is -2.27. The predicted molar refractivity (Wildman–Crippen MR) is 76.6 cm³/mol. The minimum atomic E-state index is -0.657. The molecule has 102 valence electrons. The topological polar surface area (TPSA) is 44.0 Å². The van der Waals surface area contributed by atoms with Crippen molar-refractivity contribution in [2.24, 2.45) is 5.41 Å². The van der Waals surface area contributed by atoms with Crippen LogP contribution in [0.5, 0.6) is 0 Å². The highest BCUT2D eigenvalue weighted by Gasteiger charge is 2.39. The molecule has 1 fully saturated rings. The van der Waals surface area contributed by atoms with Gasteiger partial charge in [-0.05, 0) is 43.4 Å². The lowest BCUT2D eigenvalue weighted by molar-refractivity contribution is 0.0511. The average Bonchev–Trinajstić information content (AvgIpc) is 2.67. The van der Waals surface area contributed by atoms with Gasteiger partial charge in [0.2, 0.25) is 0 Å². The van der Waals surface area contributed by atoms with E-state index in [-0.39, 0.29) is 0 Å². The summed E-state index contributed by atoms with van der Waals surface area (Å²) < 4.78 is 0. The van der Waals surface area contributed by atoms with E-state index in [4.69, 9.17) is 0 Å². The first-order valence-electron chi connectivity index (χ1n) is 7.26. The summed E-state index contributed by atoms with van der Waals surface area (Å²) >= 11 is 0. The van der Waals surface area contributed by atoms with E-state index in [0.717, 1.165) is 36.8 Å². The molecule has 1 atom stereocenters. The number of hydrogen-bond donors (Lipinski definition) is 1. The van der Waals surface area contributed by atoms with Gasteiger partial charge < -0.3 is 5.11 Å². The summed E-state index contributed by atoms with van der Waals surface area (Å²) in [5.74, 6) is 0. The molecule has 0 aromatic heterocycles. The molecule has 1 saturated carbocycles. The number of rotatable bonds is 2. The maximum atomic E-state index is 10.8. The zero-order valence-electron chi connectivity index (χ0n) is 11.9. The minimum Gasteiger partial charge on any atom is -0.387 e. The van der Waals surface area contributed by atoms with Crippen LogP contribution in [0.2, 0.25) is 0 Å². The Morgan fingerprint density at radius 1 is 1.16 bits per heavy atom. The quantitative estimate of drug-likeness (QED) is 0.807. The van der Waals surface area contributed by atoms with E-state index < -0.39 is 11.5 Å². The second-order valence-corrected chi connectivity index (χ2v) is 5.87. The lowest BCUT2D eigenvalue weighted by atomic mass is 9.73. The van der Waals surface area contributed by atoms with Crippen LogP contribution in [0.4, 0.5) is 0 Å². The Morgan fingerprint density at radius 3 is 2.37 bits per heavy atom. The first kappa shape index (κ1) is 14.1. The van der Waals surface area contributed by atoms with Gasteiger partial charge in [-0.3, -0.25) is 0 Å². The van der Waals surface area contributed by atoms with Crippen LogP contribution in [0.25, 0.3) is 0 Å². The fourth-order valence-electron chi connectivity index (χ4n) is 3.17. The number of aliphatic hydroxyl groups is 1. The molecular formula is C17H23NO. The van der Waals surface area contributed by atoms with Crippen molar-refractivity contribution in [3.05, 3.63) is 34.9 Å². The molecule has 0 heterocycles. The van der Waals surface area contributed by atoms with Crippen LogP contribution in [0.3, 0.4) is 0 Å². The third kappa shape index (κ3) is 2.67. The molecule has 1 aromatic rings. The molecule has 0 spiro atoms. The van der Waals surface area contributed by atoms with Gasteiger partial charge in [0.15, 0.2) is 0 Å².